The summed E-state index contributed by atoms with van der Waals surface area (Å²) in [5.41, 5.74) is 5.01. The summed E-state index contributed by atoms with van der Waals surface area (Å²) in [6.45, 7) is 2.40. The minimum Gasteiger partial charge on any atom is -0.481 e. The molecule has 4 N–H and O–H groups in total. The van der Waals surface area contributed by atoms with Crippen molar-refractivity contribution in [3.05, 3.63) is 0 Å². The minimum atomic E-state index is -0.773. The Morgan fingerprint density at radius 1 is 1.60 bits per heavy atom. The molecule has 0 unspecified atom stereocenters. The van der Waals surface area contributed by atoms with E-state index >= 15 is 0 Å². The van der Waals surface area contributed by atoms with Crippen molar-refractivity contribution in [3.63, 3.8) is 0 Å². The van der Waals surface area contributed by atoms with E-state index < -0.39 is 5.97 Å². The molecule has 0 heterocycles. The molecule has 0 saturated heterocycles. The lowest BCUT2D eigenvalue weighted by Crippen LogP contribution is -2.02. The third-order valence-electron chi connectivity index (χ3n) is 0.595. The zero-order valence-corrected chi connectivity index (χ0v) is 6.21. The largest absolute Gasteiger partial charge is 0.481 e. The van der Waals surface area contributed by atoms with Gasteiger partial charge in [-0.05, 0) is 19.9 Å². The second-order valence-corrected chi connectivity index (χ2v) is 1.60. The van der Waals surface area contributed by atoms with Gasteiger partial charge >= 0.3 is 5.97 Å². The fraction of sp³-hybridized carbons (Fsp3) is 0.833. The summed E-state index contributed by atoms with van der Waals surface area (Å²) < 4.78 is 0. The SMILES string of the molecule is CCO.NCCCC(=O)O. The molecule has 0 atom stereocenters. The van der Waals surface area contributed by atoms with Gasteiger partial charge in [0.15, 0.2) is 0 Å². The van der Waals surface area contributed by atoms with Crippen LogP contribution in [-0.4, -0.2) is 29.3 Å². The fourth-order valence-electron chi connectivity index (χ4n) is 0.253. The molecule has 0 aromatic heterocycles. The topological polar surface area (TPSA) is 83.5 Å². The van der Waals surface area contributed by atoms with E-state index in [2.05, 4.69) is 0 Å². The van der Waals surface area contributed by atoms with Gasteiger partial charge in [0, 0.05) is 13.0 Å². The van der Waals surface area contributed by atoms with E-state index in [-0.39, 0.29) is 13.0 Å². The molecule has 0 spiro atoms. The molecule has 0 radical (unpaired) electrons. The second-order valence-electron chi connectivity index (χ2n) is 1.60. The van der Waals surface area contributed by atoms with Gasteiger partial charge in [-0.3, -0.25) is 4.79 Å². The van der Waals surface area contributed by atoms with Crippen LogP contribution < -0.4 is 5.73 Å². The first-order valence-corrected chi connectivity index (χ1v) is 3.21. The van der Waals surface area contributed by atoms with Gasteiger partial charge in [-0.25, -0.2) is 0 Å². The predicted molar refractivity (Wildman–Crippen MR) is 38.7 cm³/mol. The zero-order valence-electron chi connectivity index (χ0n) is 6.21. The molecule has 0 amide bonds. The number of carbonyl (C=O) groups is 1. The van der Waals surface area contributed by atoms with Crippen molar-refractivity contribution in [2.45, 2.75) is 19.8 Å². The number of rotatable bonds is 3. The summed E-state index contributed by atoms with van der Waals surface area (Å²) in [7, 11) is 0. The van der Waals surface area contributed by atoms with Gasteiger partial charge in [-0.2, -0.15) is 0 Å². The first-order chi connectivity index (χ1) is 4.68. The number of hydrogen-bond acceptors (Lipinski definition) is 3. The number of aliphatic carboxylic acids is 1. The quantitative estimate of drug-likeness (QED) is 0.519. The van der Waals surface area contributed by atoms with Crippen LogP contribution in [0.2, 0.25) is 0 Å². The molecule has 4 nitrogen and oxygen atoms in total. The lowest BCUT2D eigenvalue weighted by atomic mass is 10.3. The maximum Gasteiger partial charge on any atom is 0.303 e. The summed E-state index contributed by atoms with van der Waals surface area (Å²) in [6.07, 6.45) is 0.770. The number of carboxylic acid groups (broad SMARTS) is 1. The van der Waals surface area contributed by atoms with Gasteiger partial charge < -0.3 is 15.9 Å². The van der Waals surface area contributed by atoms with Gasteiger partial charge in [0.1, 0.15) is 0 Å². The van der Waals surface area contributed by atoms with Gasteiger partial charge in [0.05, 0.1) is 0 Å². The zero-order chi connectivity index (χ0) is 8.41. The van der Waals surface area contributed by atoms with Crippen LogP contribution in [0.1, 0.15) is 19.8 Å². The Morgan fingerprint density at radius 2 is 2.00 bits per heavy atom. The van der Waals surface area contributed by atoms with E-state index in [0.29, 0.717) is 13.0 Å². The Labute approximate surface area is 60.7 Å². The van der Waals surface area contributed by atoms with Crippen molar-refractivity contribution in [1.29, 1.82) is 0 Å². The lowest BCUT2D eigenvalue weighted by molar-refractivity contribution is -0.137. The minimum absolute atomic E-state index is 0.191. The highest BCUT2D eigenvalue weighted by molar-refractivity contribution is 5.66. The molecule has 0 aliphatic carbocycles. The molecule has 4 heteroatoms. The van der Waals surface area contributed by atoms with Crippen molar-refractivity contribution >= 4 is 5.97 Å². The Balaban J connectivity index is 0. The van der Waals surface area contributed by atoms with Gasteiger partial charge in [-0.15, -0.1) is 0 Å². The van der Waals surface area contributed by atoms with Gasteiger partial charge in [0.25, 0.3) is 0 Å². The fourth-order valence-corrected chi connectivity index (χ4v) is 0.253. The number of hydrogen-bond donors (Lipinski definition) is 3. The third kappa shape index (κ3) is 26.3. The Bertz CT molecular complexity index is 75.4. The standard InChI is InChI=1S/C4H9NO2.C2H6O/c5-3-1-2-4(6)7;1-2-3/h1-3,5H2,(H,6,7);3H,2H2,1H3. The maximum atomic E-state index is 9.70. The van der Waals surface area contributed by atoms with Gasteiger partial charge in [-0.1, -0.05) is 0 Å². The van der Waals surface area contributed by atoms with Crippen molar-refractivity contribution < 1.29 is 15.0 Å². The number of carboxylic acids is 1. The first-order valence-electron chi connectivity index (χ1n) is 3.21. The van der Waals surface area contributed by atoms with E-state index in [9.17, 15) is 4.79 Å². The number of nitrogens with two attached hydrogens (primary N) is 1. The molecule has 0 saturated carbocycles. The molecular weight excluding hydrogens is 134 g/mol. The average Bonchev–Trinajstić information content (AvgIpc) is 1.85. The molecule has 0 rings (SSSR count). The van der Waals surface area contributed by atoms with E-state index in [1.807, 2.05) is 0 Å². The highest BCUT2D eigenvalue weighted by atomic mass is 16.4. The van der Waals surface area contributed by atoms with Crippen molar-refractivity contribution in [3.8, 4) is 0 Å². The Hall–Kier alpha value is -0.610. The molecular formula is C6H15NO3. The monoisotopic (exact) mass is 149 g/mol. The number of aliphatic hydroxyl groups excluding tert-OH is 1. The third-order valence-corrected chi connectivity index (χ3v) is 0.595. The Morgan fingerprint density at radius 3 is 2.10 bits per heavy atom. The van der Waals surface area contributed by atoms with Crippen LogP contribution in [0.15, 0.2) is 0 Å². The van der Waals surface area contributed by atoms with Crippen LogP contribution in [0.25, 0.3) is 0 Å². The Kier molecular flexibility index (Phi) is 13.6. The van der Waals surface area contributed by atoms with E-state index in [0.717, 1.165) is 0 Å². The van der Waals surface area contributed by atoms with Gasteiger partial charge in [0.2, 0.25) is 0 Å². The van der Waals surface area contributed by atoms with Crippen LogP contribution in [-0.2, 0) is 4.79 Å². The first kappa shape index (κ1) is 12.1. The molecule has 62 valence electrons. The highest BCUT2D eigenvalue weighted by Gasteiger charge is 1.91. The van der Waals surface area contributed by atoms with E-state index in [1.165, 1.54) is 0 Å². The van der Waals surface area contributed by atoms with Crippen LogP contribution in [0.3, 0.4) is 0 Å². The molecule has 0 bridgehead atoms. The van der Waals surface area contributed by atoms with Crippen LogP contribution in [0, 0.1) is 0 Å². The van der Waals surface area contributed by atoms with E-state index in [4.69, 9.17) is 15.9 Å². The van der Waals surface area contributed by atoms with Crippen LogP contribution >= 0.6 is 0 Å². The second kappa shape index (κ2) is 11.2. The molecule has 10 heavy (non-hydrogen) atoms. The summed E-state index contributed by atoms with van der Waals surface area (Å²) in [4.78, 5) is 9.70. The molecule has 0 aliphatic heterocycles. The summed E-state index contributed by atoms with van der Waals surface area (Å²) in [6, 6.07) is 0. The smallest absolute Gasteiger partial charge is 0.303 e. The lowest BCUT2D eigenvalue weighted by Gasteiger charge is -1.86. The van der Waals surface area contributed by atoms with Crippen molar-refractivity contribution in [1.82, 2.24) is 0 Å². The van der Waals surface area contributed by atoms with Crippen LogP contribution in [0.4, 0.5) is 0 Å². The highest BCUT2D eigenvalue weighted by Crippen LogP contribution is 1.82. The average molecular weight is 149 g/mol. The van der Waals surface area contributed by atoms with Crippen molar-refractivity contribution in [2.24, 2.45) is 5.73 Å². The molecule has 0 fully saturated rings. The molecule has 0 aromatic carbocycles. The maximum absolute atomic E-state index is 9.70. The summed E-state index contributed by atoms with van der Waals surface area (Å²) >= 11 is 0. The molecule has 0 aromatic rings. The van der Waals surface area contributed by atoms with E-state index in [1.54, 1.807) is 6.92 Å². The number of aliphatic hydroxyl groups is 1. The van der Waals surface area contributed by atoms with Crippen LogP contribution in [0.5, 0.6) is 0 Å². The van der Waals surface area contributed by atoms with Crippen molar-refractivity contribution in [2.75, 3.05) is 13.2 Å². The summed E-state index contributed by atoms with van der Waals surface area (Å²) in [5, 5.41) is 15.6. The summed E-state index contributed by atoms with van der Waals surface area (Å²) in [5.74, 6) is -0.773. The molecule has 0 aliphatic rings. The predicted octanol–water partition coefficient (Wildman–Crippen LogP) is -0.192. The normalized spacial score (nSPS) is 7.90.